The fraction of sp³-hybridized carbons (Fsp3) is 0.222. The van der Waals surface area contributed by atoms with Crippen molar-refractivity contribution in [3.63, 3.8) is 0 Å². The number of aromatic carboxylic acids is 1. The van der Waals surface area contributed by atoms with E-state index >= 15 is 0 Å². The predicted octanol–water partition coefficient (Wildman–Crippen LogP) is 0.244. The number of rotatable bonds is 3. The third kappa shape index (κ3) is 2.20. The van der Waals surface area contributed by atoms with Crippen LogP contribution in [0.2, 0.25) is 0 Å². The van der Waals surface area contributed by atoms with Crippen molar-refractivity contribution >= 4 is 11.8 Å². The van der Waals surface area contributed by atoms with Crippen LogP contribution in [0.4, 0.5) is 5.82 Å². The monoisotopic (exact) mass is 191 g/mol. The molecule has 0 atom stereocenters. The van der Waals surface area contributed by atoms with Crippen molar-refractivity contribution in [2.75, 3.05) is 18.5 Å². The van der Waals surface area contributed by atoms with E-state index in [2.05, 4.69) is 15.9 Å². The van der Waals surface area contributed by atoms with Crippen LogP contribution < -0.4 is 4.90 Å². The molecule has 1 aromatic rings. The highest BCUT2D eigenvalue weighted by Crippen LogP contribution is 2.08. The van der Waals surface area contributed by atoms with Gasteiger partial charge in [0, 0.05) is 13.1 Å². The van der Waals surface area contributed by atoms with Crippen LogP contribution >= 0.6 is 0 Å². The van der Waals surface area contributed by atoms with Gasteiger partial charge in [0.05, 0.1) is 6.54 Å². The van der Waals surface area contributed by atoms with Gasteiger partial charge < -0.3 is 10.0 Å². The summed E-state index contributed by atoms with van der Waals surface area (Å²) < 4.78 is 0. The fourth-order valence-corrected chi connectivity index (χ4v) is 0.891. The molecule has 0 aromatic carbocycles. The normalized spacial score (nSPS) is 9.14. The van der Waals surface area contributed by atoms with Crippen molar-refractivity contribution in [1.29, 1.82) is 0 Å². The Morgan fingerprint density at radius 3 is 3.00 bits per heavy atom. The van der Waals surface area contributed by atoms with Crippen molar-refractivity contribution in [3.8, 4) is 12.3 Å². The van der Waals surface area contributed by atoms with Crippen LogP contribution in [0.25, 0.3) is 0 Å². The first-order chi connectivity index (χ1) is 6.65. The van der Waals surface area contributed by atoms with Crippen molar-refractivity contribution in [1.82, 2.24) is 9.97 Å². The van der Waals surface area contributed by atoms with Gasteiger partial charge in [0.2, 0.25) is 0 Å². The van der Waals surface area contributed by atoms with Gasteiger partial charge in [-0.1, -0.05) is 5.92 Å². The van der Waals surface area contributed by atoms with E-state index in [-0.39, 0.29) is 5.69 Å². The third-order valence-corrected chi connectivity index (χ3v) is 1.59. The van der Waals surface area contributed by atoms with Crippen molar-refractivity contribution in [2.45, 2.75) is 0 Å². The van der Waals surface area contributed by atoms with Crippen molar-refractivity contribution in [2.24, 2.45) is 0 Å². The van der Waals surface area contributed by atoms with Crippen LogP contribution in [0.3, 0.4) is 0 Å². The Bertz CT molecular complexity index is 384. The van der Waals surface area contributed by atoms with Crippen LogP contribution in [0.5, 0.6) is 0 Å². The number of hydrogen-bond donors (Lipinski definition) is 1. The summed E-state index contributed by atoms with van der Waals surface area (Å²) in [6.07, 6.45) is 6.31. The number of anilines is 1. The molecule has 1 heterocycles. The highest BCUT2D eigenvalue weighted by Gasteiger charge is 2.07. The van der Waals surface area contributed by atoms with E-state index in [9.17, 15) is 4.79 Å². The van der Waals surface area contributed by atoms with Gasteiger partial charge in [0.1, 0.15) is 12.1 Å². The number of carboxylic acid groups (broad SMARTS) is 1. The Morgan fingerprint density at radius 2 is 2.43 bits per heavy atom. The van der Waals surface area contributed by atoms with E-state index in [1.165, 1.54) is 12.4 Å². The highest BCUT2D eigenvalue weighted by atomic mass is 16.4. The van der Waals surface area contributed by atoms with Crippen LogP contribution in [0.15, 0.2) is 12.4 Å². The minimum atomic E-state index is -1.08. The van der Waals surface area contributed by atoms with E-state index in [4.69, 9.17) is 11.5 Å². The maximum atomic E-state index is 10.6. The van der Waals surface area contributed by atoms with Crippen LogP contribution in [-0.2, 0) is 0 Å². The van der Waals surface area contributed by atoms with Gasteiger partial charge in [-0.05, 0) is 0 Å². The Hall–Kier alpha value is -2.09. The molecule has 1 N–H and O–H groups in total. The number of carboxylic acids is 1. The highest BCUT2D eigenvalue weighted by molar-refractivity contribution is 5.86. The standard InChI is InChI=1S/C9H9N3O2/c1-3-4-12(2)8-5-7(9(13)14)10-6-11-8/h1,5-6H,4H2,2H3,(H,13,14). The maximum Gasteiger partial charge on any atom is 0.354 e. The van der Waals surface area contributed by atoms with Gasteiger partial charge in [-0.3, -0.25) is 0 Å². The Labute approximate surface area is 81.4 Å². The third-order valence-electron chi connectivity index (χ3n) is 1.59. The zero-order chi connectivity index (χ0) is 10.6. The first-order valence-electron chi connectivity index (χ1n) is 3.85. The SMILES string of the molecule is C#CCN(C)c1cc(C(=O)O)ncn1. The summed E-state index contributed by atoms with van der Waals surface area (Å²) in [7, 11) is 1.73. The van der Waals surface area contributed by atoms with Crippen molar-refractivity contribution < 1.29 is 9.90 Å². The summed E-state index contributed by atoms with van der Waals surface area (Å²) in [4.78, 5) is 19.7. The van der Waals surface area contributed by atoms with Gasteiger partial charge in [-0.2, -0.15) is 0 Å². The Morgan fingerprint density at radius 1 is 1.71 bits per heavy atom. The molecule has 0 saturated heterocycles. The minimum Gasteiger partial charge on any atom is -0.477 e. The molecule has 0 amide bonds. The predicted molar refractivity (Wildman–Crippen MR) is 51.1 cm³/mol. The van der Waals surface area contributed by atoms with Crippen molar-refractivity contribution in [3.05, 3.63) is 18.1 Å². The molecule has 72 valence electrons. The lowest BCUT2D eigenvalue weighted by molar-refractivity contribution is 0.0690. The second-order valence-corrected chi connectivity index (χ2v) is 2.63. The molecule has 0 aliphatic rings. The molecule has 0 fully saturated rings. The summed E-state index contributed by atoms with van der Waals surface area (Å²) in [5, 5.41) is 8.67. The summed E-state index contributed by atoms with van der Waals surface area (Å²) in [6.45, 7) is 0.371. The Balaban J connectivity index is 2.94. The number of nitrogens with zero attached hydrogens (tertiary/aromatic N) is 3. The summed E-state index contributed by atoms with van der Waals surface area (Å²) in [6, 6.07) is 1.37. The molecule has 0 saturated carbocycles. The first kappa shape index (κ1) is 9.99. The number of terminal acetylenes is 1. The summed E-state index contributed by atoms with van der Waals surface area (Å²) in [5.74, 6) is 1.85. The molecule has 1 aromatic heterocycles. The molecule has 5 heteroatoms. The van der Waals surface area contributed by atoms with E-state index in [0.29, 0.717) is 12.4 Å². The van der Waals surface area contributed by atoms with Crippen LogP contribution in [-0.4, -0.2) is 34.6 Å². The second-order valence-electron chi connectivity index (χ2n) is 2.63. The zero-order valence-electron chi connectivity index (χ0n) is 7.64. The lowest BCUT2D eigenvalue weighted by atomic mass is 10.4. The van der Waals surface area contributed by atoms with Crippen LogP contribution in [0, 0.1) is 12.3 Å². The lowest BCUT2D eigenvalue weighted by Crippen LogP contribution is -2.19. The molecule has 0 unspecified atom stereocenters. The molecule has 5 nitrogen and oxygen atoms in total. The molecular weight excluding hydrogens is 182 g/mol. The second kappa shape index (κ2) is 4.23. The fourth-order valence-electron chi connectivity index (χ4n) is 0.891. The van der Waals surface area contributed by atoms with Gasteiger partial charge in [0.25, 0.3) is 0 Å². The molecule has 0 aliphatic carbocycles. The largest absolute Gasteiger partial charge is 0.477 e. The molecule has 0 spiro atoms. The number of aromatic nitrogens is 2. The van der Waals surface area contributed by atoms with Gasteiger partial charge in [-0.15, -0.1) is 6.42 Å². The lowest BCUT2D eigenvalue weighted by Gasteiger charge is -2.14. The van der Waals surface area contributed by atoms with E-state index in [1.807, 2.05) is 0 Å². The minimum absolute atomic E-state index is 0.0427. The average Bonchev–Trinajstić information content (AvgIpc) is 2.18. The molecule has 0 aliphatic heterocycles. The van der Waals surface area contributed by atoms with Gasteiger partial charge in [-0.25, -0.2) is 14.8 Å². The van der Waals surface area contributed by atoms with E-state index in [1.54, 1.807) is 11.9 Å². The molecule has 0 bridgehead atoms. The quantitative estimate of drug-likeness (QED) is 0.693. The summed E-state index contributed by atoms with van der Waals surface area (Å²) >= 11 is 0. The molecule has 14 heavy (non-hydrogen) atoms. The topological polar surface area (TPSA) is 66.3 Å². The van der Waals surface area contributed by atoms with Gasteiger partial charge in [0.15, 0.2) is 5.69 Å². The maximum absolute atomic E-state index is 10.6. The number of hydrogen-bond acceptors (Lipinski definition) is 4. The number of carbonyl (C=O) groups is 1. The smallest absolute Gasteiger partial charge is 0.354 e. The van der Waals surface area contributed by atoms with E-state index < -0.39 is 5.97 Å². The molecule has 1 rings (SSSR count). The summed E-state index contributed by atoms with van der Waals surface area (Å²) in [5.41, 5.74) is -0.0427. The first-order valence-corrected chi connectivity index (χ1v) is 3.85. The van der Waals surface area contributed by atoms with E-state index in [0.717, 1.165) is 0 Å². The average molecular weight is 191 g/mol. The van der Waals surface area contributed by atoms with Crippen LogP contribution in [0.1, 0.15) is 10.5 Å². The Kier molecular flexibility index (Phi) is 3.02. The molecular formula is C9H9N3O2. The van der Waals surface area contributed by atoms with Gasteiger partial charge >= 0.3 is 5.97 Å². The zero-order valence-corrected chi connectivity index (χ0v) is 7.64. The molecule has 0 radical (unpaired) electrons.